The van der Waals surface area contributed by atoms with Crippen molar-refractivity contribution in [2.45, 2.75) is 42.9 Å². The number of rotatable bonds is 7. The molecular formula is C29H25F4N5O4. The van der Waals surface area contributed by atoms with Gasteiger partial charge in [0, 0.05) is 22.6 Å². The summed E-state index contributed by atoms with van der Waals surface area (Å²) in [5.41, 5.74) is 0.689. The highest BCUT2D eigenvalue weighted by Gasteiger charge is 2.57. The van der Waals surface area contributed by atoms with Crippen LogP contribution < -0.4 is 15.8 Å². The number of ether oxygens (including phenoxy) is 1. The molecule has 6 rings (SSSR count). The number of H-pyrrole nitrogens is 1. The van der Waals surface area contributed by atoms with E-state index in [-0.39, 0.29) is 34.7 Å². The second-order valence-electron chi connectivity index (χ2n) is 10.9. The van der Waals surface area contributed by atoms with Gasteiger partial charge in [-0.2, -0.15) is 13.2 Å². The first-order chi connectivity index (χ1) is 19.8. The van der Waals surface area contributed by atoms with Crippen molar-refractivity contribution in [3.63, 3.8) is 0 Å². The molecule has 3 heterocycles. The van der Waals surface area contributed by atoms with Gasteiger partial charge in [-0.15, -0.1) is 0 Å². The normalized spacial score (nSPS) is 19.7. The average molecular weight is 584 g/mol. The Hall–Kier alpha value is -4.52. The molecule has 2 aromatic carbocycles. The number of hydrogen-bond acceptors (Lipinski definition) is 6. The number of hydrogen-bond donors (Lipinski definition) is 4. The molecule has 1 fully saturated rings. The number of carbonyl (C=O) groups is 2. The first kappa shape index (κ1) is 27.6. The van der Waals surface area contributed by atoms with Crippen molar-refractivity contribution in [3.05, 3.63) is 77.0 Å². The largest absolute Gasteiger partial charge is 0.489 e. The van der Waals surface area contributed by atoms with Gasteiger partial charge in [-0.3, -0.25) is 9.59 Å². The first-order valence-electron chi connectivity index (χ1n) is 13.1. The maximum atomic E-state index is 14.6. The maximum Gasteiger partial charge on any atom is 0.424 e. The fourth-order valence-electron chi connectivity index (χ4n) is 4.97. The monoisotopic (exact) mass is 583 g/mol. The molecule has 2 aliphatic rings. The van der Waals surface area contributed by atoms with Crippen LogP contribution in [0.3, 0.4) is 0 Å². The summed E-state index contributed by atoms with van der Waals surface area (Å²) >= 11 is 0. The predicted molar refractivity (Wildman–Crippen MR) is 142 cm³/mol. The van der Waals surface area contributed by atoms with Gasteiger partial charge in [-0.1, -0.05) is 0 Å². The summed E-state index contributed by atoms with van der Waals surface area (Å²) in [6, 6.07) is 10.1. The molecule has 1 unspecified atom stereocenters. The first-order valence-corrected chi connectivity index (χ1v) is 13.1. The topological polar surface area (TPSA) is 143 Å². The molecule has 42 heavy (non-hydrogen) atoms. The van der Waals surface area contributed by atoms with Gasteiger partial charge in [0.15, 0.2) is 0 Å². The van der Waals surface area contributed by atoms with Crippen molar-refractivity contribution in [2.75, 3.05) is 13.2 Å². The zero-order valence-electron chi connectivity index (χ0n) is 22.2. The molecular weight excluding hydrogens is 558 g/mol. The van der Waals surface area contributed by atoms with Gasteiger partial charge in [0.2, 0.25) is 11.5 Å². The number of aromatic amines is 1. The van der Waals surface area contributed by atoms with E-state index in [1.54, 1.807) is 6.07 Å². The molecule has 0 saturated heterocycles. The van der Waals surface area contributed by atoms with Crippen molar-refractivity contribution < 1.29 is 37.0 Å². The third-order valence-corrected chi connectivity index (χ3v) is 7.86. The van der Waals surface area contributed by atoms with E-state index in [2.05, 4.69) is 20.3 Å². The molecule has 4 aromatic rings. The number of amides is 2. The number of fused-ring (bicyclic) bond motifs is 2. The number of benzene rings is 2. The Morgan fingerprint density at radius 1 is 1.14 bits per heavy atom. The number of pyridine rings is 1. The summed E-state index contributed by atoms with van der Waals surface area (Å²) in [6.07, 6.45) is -3.31. The Labute approximate surface area is 236 Å². The summed E-state index contributed by atoms with van der Waals surface area (Å²) in [5, 5.41) is 13.4. The molecule has 5 N–H and O–H groups in total. The minimum atomic E-state index is -5.32. The summed E-state index contributed by atoms with van der Waals surface area (Å²) in [4.78, 5) is 37.1. The fourth-order valence-corrected chi connectivity index (χ4v) is 4.97. The van der Waals surface area contributed by atoms with E-state index >= 15 is 0 Å². The Morgan fingerprint density at radius 2 is 1.86 bits per heavy atom. The van der Waals surface area contributed by atoms with Gasteiger partial charge in [-0.05, 0) is 68.3 Å². The summed E-state index contributed by atoms with van der Waals surface area (Å²) in [7, 11) is 0. The van der Waals surface area contributed by atoms with E-state index < -0.39 is 47.1 Å². The molecule has 1 aliphatic carbocycles. The minimum absolute atomic E-state index is 0.0151. The Kier molecular flexibility index (Phi) is 6.26. The van der Waals surface area contributed by atoms with E-state index in [9.17, 15) is 32.3 Å². The quantitative estimate of drug-likeness (QED) is 0.243. The Morgan fingerprint density at radius 3 is 2.50 bits per heavy atom. The third kappa shape index (κ3) is 4.53. The molecule has 2 aromatic heterocycles. The lowest BCUT2D eigenvalue weighted by Gasteiger charge is -2.31. The minimum Gasteiger partial charge on any atom is -0.489 e. The molecule has 2 atom stereocenters. The Balaban J connectivity index is 1.38. The number of nitrogens with two attached hydrogens (primary N) is 1. The number of halogens is 4. The number of alkyl halides is 3. The van der Waals surface area contributed by atoms with Gasteiger partial charge in [0.1, 0.15) is 35.1 Å². The smallest absolute Gasteiger partial charge is 0.424 e. The van der Waals surface area contributed by atoms with Crippen LogP contribution in [-0.2, 0) is 15.8 Å². The lowest BCUT2D eigenvalue weighted by Crippen LogP contribution is -2.51. The fraction of sp³-hybridized carbons (Fsp3) is 0.310. The van der Waals surface area contributed by atoms with Crippen LogP contribution in [0.1, 0.15) is 53.1 Å². The molecule has 13 heteroatoms. The number of aromatic nitrogens is 3. The van der Waals surface area contributed by atoms with Crippen molar-refractivity contribution in [1.29, 1.82) is 0 Å². The highest BCUT2D eigenvalue weighted by Crippen LogP contribution is 2.47. The van der Waals surface area contributed by atoms with E-state index in [1.807, 2.05) is 0 Å². The molecule has 2 amide bonds. The van der Waals surface area contributed by atoms with E-state index in [4.69, 9.17) is 10.5 Å². The number of carbonyl (C=O) groups excluding carboxylic acids is 2. The van der Waals surface area contributed by atoms with Crippen LogP contribution in [0.5, 0.6) is 5.75 Å². The van der Waals surface area contributed by atoms with Crippen LogP contribution in [0.25, 0.3) is 22.3 Å². The van der Waals surface area contributed by atoms with Crippen LogP contribution in [0.2, 0.25) is 0 Å². The summed E-state index contributed by atoms with van der Waals surface area (Å²) in [5.74, 6) is -1.23. The van der Waals surface area contributed by atoms with E-state index in [1.165, 1.54) is 31.2 Å². The van der Waals surface area contributed by atoms with Crippen LogP contribution in [0.15, 0.2) is 48.5 Å². The van der Waals surface area contributed by atoms with Gasteiger partial charge in [0.05, 0.1) is 23.3 Å². The number of nitrogens with zero attached hydrogens (tertiary/aromatic N) is 2. The molecule has 9 nitrogen and oxygen atoms in total. The van der Waals surface area contributed by atoms with Gasteiger partial charge in [0.25, 0.3) is 5.91 Å². The number of nitrogens with one attached hydrogen (secondary N) is 2. The van der Waals surface area contributed by atoms with Crippen LogP contribution in [0.4, 0.5) is 17.6 Å². The van der Waals surface area contributed by atoms with Crippen molar-refractivity contribution in [2.24, 2.45) is 5.73 Å². The molecule has 0 radical (unpaired) electrons. The third-order valence-electron chi connectivity index (χ3n) is 7.86. The second kappa shape index (κ2) is 9.51. The van der Waals surface area contributed by atoms with E-state index in [0.29, 0.717) is 17.0 Å². The number of imidazole rings is 1. The molecule has 0 spiro atoms. The van der Waals surface area contributed by atoms with Crippen LogP contribution in [-0.4, -0.2) is 51.2 Å². The molecule has 1 saturated carbocycles. The highest BCUT2D eigenvalue weighted by atomic mass is 19.4. The van der Waals surface area contributed by atoms with Crippen molar-refractivity contribution >= 4 is 22.8 Å². The van der Waals surface area contributed by atoms with Gasteiger partial charge < -0.3 is 25.9 Å². The zero-order chi connectivity index (χ0) is 30.0. The second-order valence-corrected chi connectivity index (χ2v) is 10.9. The summed E-state index contributed by atoms with van der Waals surface area (Å²) < 4.78 is 63.1. The molecule has 1 aliphatic heterocycles. The van der Waals surface area contributed by atoms with E-state index in [0.717, 1.165) is 36.9 Å². The van der Waals surface area contributed by atoms with Gasteiger partial charge in [-0.25, -0.2) is 14.4 Å². The van der Waals surface area contributed by atoms with Gasteiger partial charge >= 0.3 is 6.18 Å². The Bertz CT molecular complexity index is 1730. The van der Waals surface area contributed by atoms with Crippen LogP contribution in [0, 0.1) is 5.82 Å². The molecule has 218 valence electrons. The number of aliphatic hydroxyl groups is 1. The lowest BCUT2D eigenvalue weighted by molar-refractivity contribution is -0.265. The maximum absolute atomic E-state index is 14.6. The SMILES string of the molecule is C[C@]1(C(N)=O)COc2c1cc(C(O)(CNC(=O)c1ccc3nc(C4CC4)[nH]c3c1)C(F)(F)F)nc2-c1ccc(F)cc1. The predicted octanol–water partition coefficient (Wildman–Crippen LogP) is 3.96. The van der Waals surface area contributed by atoms with Crippen molar-refractivity contribution in [1.82, 2.24) is 20.3 Å². The number of primary amides is 1. The lowest BCUT2D eigenvalue weighted by atomic mass is 9.81. The highest BCUT2D eigenvalue weighted by molar-refractivity contribution is 5.97. The van der Waals surface area contributed by atoms with Crippen LogP contribution >= 0.6 is 0 Å². The summed E-state index contributed by atoms with van der Waals surface area (Å²) in [6.45, 7) is -0.183. The standard InChI is InChI=1S/C29H25F4N5O4/c1-27(26(34)40)13-42-23-18(27)11-21(38-22(23)14-4-7-17(30)8-5-14)28(41,29(31,32)33)12-35-25(39)16-6-9-19-20(10-16)37-24(36-19)15-2-3-15/h4-11,15,41H,2-3,12-13H2,1H3,(H2,34,40)(H,35,39)(H,36,37)/t27-,28?/m0/s1. The average Bonchev–Trinajstić information content (AvgIpc) is 3.62. The zero-order valence-corrected chi connectivity index (χ0v) is 22.2. The molecule has 0 bridgehead atoms. The van der Waals surface area contributed by atoms with Crippen molar-refractivity contribution in [3.8, 4) is 17.0 Å².